The number of nitrogens with zero attached hydrogens (tertiary/aromatic N) is 1. The number of unbranched alkanes of at least 4 members (excludes halogenated alkanes) is 5. The summed E-state index contributed by atoms with van der Waals surface area (Å²) < 4.78 is 0.859. The van der Waals surface area contributed by atoms with Crippen LogP contribution in [0.3, 0.4) is 0 Å². The molecule has 0 spiro atoms. The summed E-state index contributed by atoms with van der Waals surface area (Å²) in [4.78, 5) is 0. The van der Waals surface area contributed by atoms with Gasteiger partial charge in [-0.3, -0.25) is 0 Å². The van der Waals surface area contributed by atoms with E-state index in [0.717, 1.165) is 16.7 Å². The van der Waals surface area contributed by atoms with Crippen LogP contribution in [-0.2, 0) is 0 Å². The van der Waals surface area contributed by atoms with Gasteiger partial charge in [0.1, 0.15) is 6.07 Å². The van der Waals surface area contributed by atoms with Gasteiger partial charge in [-0.1, -0.05) is 39.0 Å². The number of halogens is 1. The lowest BCUT2D eigenvalue weighted by molar-refractivity contribution is 0.617. The first-order chi connectivity index (χ1) is 8.77. The smallest absolute Gasteiger partial charge is 0.100 e. The molecule has 0 aliphatic carbocycles. The maximum absolute atomic E-state index is 8.83. The van der Waals surface area contributed by atoms with Gasteiger partial charge in [-0.15, -0.1) is 0 Å². The molecule has 2 nitrogen and oxygen atoms in total. The Morgan fingerprint density at radius 3 is 2.56 bits per heavy atom. The molecule has 0 aromatic heterocycles. The molecule has 0 aliphatic heterocycles. The Kier molecular flexibility index (Phi) is 7.52. The average molecular weight is 309 g/mol. The van der Waals surface area contributed by atoms with Gasteiger partial charge < -0.3 is 5.32 Å². The fourth-order valence-corrected chi connectivity index (χ4v) is 2.32. The number of hydrogen-bond acceptors (Lipinski definition) is 2. The van der Waals surface area contributed by atoms with Crippen molar-refractivity contribution in [3.63, 3.8) is 0 Å². The van der Waals surface area contributed by atoms with Crippen LogP contribution in [0.2, 0.25) is 0 Å². The van der Waals surface area contributed by atoms with Crippen molar-refractivity contribution >= 4 is 21.6 Å². The monoisotopic (exact) mass is 308 g/mol. The minimum absolute atomic E-state index is 0.681. The molecule has 1 rings (SSSR count). The van der Waals surface area contributed by atoms with E-state index in [4.69, 9.17) is 5.26 Å². The molecule has 1 N–H and O–H groups in total. The van der Waals surface area contributed by atoms with Crippen LogP contribution in [0.25, 0.3) is 0 Å². The third-order valence-corrected chi connectivity index (χ3v) is 3.61. The molecule has 1 aromatic carbocycles. The molecule has 3 heteroatoms. The first kappa shape index (κ1) is 15.0. The molecule has 1 aromatic rings. The molecule has 0 amide bonds. The van der Waals surface area contributed by atoms with E-state index < -0.39 is 0 Å². The van der Waals surface area contributed by atoms with Crippen LogP contribution in [0.5, 0.6) is 0 Å². The Hall–Kier alpha value is -1.01. The van der Waals surface area contributed by atoms with E-state index in [0.29, 0.717) is 5.56 Å². The highest BCUT2D eigenvalue weighted by Crippen LogP contribution is 2.20. The van der Waals surface area contributed by atoms with E-state index in [1.165, 1.54) is 38.5 Å². The van der Waals surface area contributed by atoms with Crippen molar-refractivity contribution in [2.45, 2.75) is 45.4 Å². The summed E-state index contributed by atoms with van der Waals surface area (Å²) in [5.41, 5.74) is 1.76. The fourth-order valence-electron chi connectivity index (χ4n) is 1.85. The Bertz CT molecular complexity index is 396. The van der Waals surface area contributed by atoms with Gasteiger partial charge in [0, 0.05) is 16.7 Å². The maximum atomic E-state index is 8.83. The van der Waals surface area contributed by atoms with Gasteiger partial charge in [-0.2, -0.15) is 5.26 Å². The highest BCUT2D eigenvalue weighted by atomic mass is 79.9. The van der Waals surface area contributed by atoms with Crippen molar-refractivity contribution in [1.82, 2.24) is 0 Å². The van der Waals surface area contributed by atoms with Crippen LogP contribution in [0.15, 0.2) is 22.7 Å². The highest BCUT2D eigenvalue weighted by Gasteiger charge is 1.99. The molecular formula is C15H21BrN2. The summed E-state index contributed by atoms with van der Waals surface area (Å²) in [6.07, 6.45) is 7.87. The standard InChI is InChI=1S/C15H21BrN2/c1-2-3-4-5-6-7-10-18-14-9-8-13(12-17)15(16)11-14/h8-9,11,18H,2-7,10H2,1H3. The van der Waals surface area contributed by atoms with Crippen molar-refractivity contribution in [2.75, 3.05) is 11.9 Å². The van der Waals surface area contributed by atoms with Crippen LogP contribution in [-0.4, -0.2) is 6.54 Å². The summed E-state index contributed by atoms with van der Waals surface area (Å²) in [7, 11) is 0. The normalized spacial score (nSPS) is 10.1. The van der Waals surface area contributed by atoms with E-state index in [1.807, 2.05) is 18.2 Å². The largest absolute Gasteiger partial charge is 0.385 e. The van der Waals surface area contributed by atoms with E-state index >= 15 is 0 Å². The van der Waals surface area contributed by atoms with E-state index in [-0.39, 0.29) is 0 Å². The molecule has 0 bridgehead atoms. The number of anilines is 1. The molecule has 0 saturated heterocycles. The summed E-state index contributed by atoms with van der Waals surface area (Å²) in [5, 5.41) is 12.2. The summed E-state index contributed by atoms with van der Waals surface area (Å²) in [6, 6.07) is 7.91. The summed E-state index contributed by atoms with van der Waals surface area (Å²) >= 11 is 3.40. The molecule has 0 aliphatic rings. The molecule has 0 saturated carbocycles. The average Bonchev–Trinajstić information content (AvgIpc) is 2.38. The Morgan fingerprint density at radius 2 is 1.89 bits per heavy atom. The SMILES string of the molecule is CCCCCCCCNc1ccc(C#N)c(Br)c1. The zero-order valence-corrected chi connectivity index (χ0v) is 12.6. The van der Waals surface area contributed by atoms with Gasteiger partial charge in [0.2, 0.25) is 0 Å². The van der Waals surface area contributed by atoms with Crippen molar-refractivity contribution in [3.05, 3.63) is 28.2 Å². The van der Waals surface area contributed by atoms with Crippen LogP contribution in [0.1, 0.15) is 51.0 Å². The molecular weight excluding hydrogens is 288 g/mol. The minimum atomic E-state index is 0.681. The van der Waals surface area contributed by atoms with Crippen LogP contribution >= 0.6 is 15.9 Å². The molecule has 0 unspecified atom stereocenters. The Labute approximate surface area is 119 Å². The molecule has 0 atom stereocenters. The third kappa shape index (κ3) is 5.55. The Balaban J connectivity index is 2.20. The first-order valence-corrected chi connectivity index (χ1v) is 7.50. The first-order valence-electron chi connectivity index (χ1n) is 6.71. The number of rotatable bonds is 8. The second-order valence-corrected chi connectivity index (χ2v) is 5.36. The zero-order valence-electron chi connectivity index (χ0n) is 11.0. The quantitative estimate of drug-likeness (QED) is 0.679. The topological polar surface area (TPSA) is 35.8 Å². The number of hydrogen-bond donors (Lipinski definition) is 1. The van der Waals surface area contributed by atoms with Gasteiger partial charge >= 0.3 is 0 Å². The lowest BCUT2D eigenvalue weighted by Gasteiger charge is -2.07. The second kappa shape index (κ2) is 8.99. The molecule has 0 heterocycles. The van der Waals surface area contributed by atoms with Crippen molar-refractivity contribution in [3.8, 4) is 6.07 Å². The number of nitrogens with one attached hydrogen (secondary N) is 1. The molecule has 0 fully saturated rings. The van der Waals surface area contributed by atoms with Gasteiger partial charge in [-0.25, -0.2) is 0 Å². The van der Waals surface area contributed by atoms with Crippen LogP contribution in [0.4, 0.5) is 5.69 Å². The highest BCUT2D eigenvalue weighted by molar-refractivity contribution is 9.10. The predicted molar refractivity (Wildman–Crippen MR) is 80.7 cm³/mol. The van der Waals surface area contributed by atoms with Crippen LogP contribution in [0, 0.1) is 11.3 Å². The van der Waals surface area contributed by atoms with Crippen LogP contribution < -0.4 is 5.32 Å². The molecule has 18 heavy (non-hydrogen) atoms. The zero-order chi connectivity index (χ0) is 13.2. The lowest BCUT2D eigenvalue weighted by Crippen LogP contribution is -2.01. The lowest BCUT2D eigenvalue weighted by atomic mass is 10.1. The van der Waals surface area contributed by atoms with E-state index in [9.17, 15) is 0 Å². The van der Waals surface area contributed by atoms with Gasteiger partial charge in [0.15, 0.2) is 0 Å². The van der Waals surface area contributed by atoms with E-state index in [2.05, 4.69) is 34.2 Å². The van der Waals surface area contributed by atoms with Gasteiger partial charge in [0.05, 0.1) is 5.56 Å². The van der Waals surface area contributed by atoms with Gasteiger partial charge in [0.25, 0.3) is 0 Å². The molecule has 98 valence electrons. The van der Waals surface area contributed by atoms with Crippen molar-refractivity contribution in [2.24, 2.45) is 0 Å². The Morgan fingerprint density at radius 1 is 1.17 bits per heavy atom. The fraction of sp³-hybridized carbons (Fsp3) is 0.533. The van der Waals surface area contributed by atoms with E-state index in [1.54, 1.807) is 0 Å². The predicted octanol–water partition coefficient (Wildman–Crippen LogP) is 5.09. The van der Waals surface area contributed by atoms with Gasteiger partial charge in [-0.05, 0) is 40.5 Å². The summed E-state index contributed by atoms with van der Waals surface area (Å²) in [5.74, 6) is 0. The summed E-state index contributed by atoms with van der Waals surface area (Å²) in [6.45, 7) is 3.24. The molecule has 0 radical (unpaired) electrons. The minimum Gasteiger partial charge on any atom is -0.385 e. The van der Waals surface area contributed by atoms with Crippen molar-refractivity contribution < 1.29 is 0 Å². The maximum Gasteiger partial charge on any atom is 0.100 e. The third-order valence-electron chi connectivity index (χ3n) is 2.95. The number of nitriles is 1. The second-order valence-electron chi connectivity index (χ2n) is 4.50. The number of benzene rings is 1. The van der Waals surface area contributed by atoms with Crippen molar-refractivity contribution in [1.29, 1.82) is 5.26 Å².